The average molecular weight is 444 g/mol. The molecule has 0 saturated carbocycles. The maximum absolute atomic E-state index is 12.6. The maximum Gasteiger partial charge on any atom is 0.407 e. The van der Waals surface area contributed by atoms with Crippen molar-refractivity contribution in [3.8, 4) is 0 Å². The monoisotopic (exact) mass is 443 g/mol. The summed E-state index contributed by atoms with van der Waals surface area (Å²) in [5.41, 5.74) is -1.44. The van der Waals surface area contributed by atoms with Crippen LogP contribution in [0.2, 0.25) is 0 Å². The van der Waals surface area contributed by atoms with Gasteiger partial charge in [0.25, 0.3) is 11.6 Å². The molecule has 1 atom stereocenters. The van der Waals surface area contributed by atoms with Crippen LogP contribution in [0.25, 0.3) is 0 Å². The maximum atomic E-state index is 12.6. The van der Waals surface area contributed by atoms with Gasteiger partial charge in [-0.15, -0.1) is 0 Å². The van der Waals surface area contributed by atoms with Gasteiger partial charge in [-0.05, 0) is 61.7 Å². The number of carbonyl (C=O) groups excluding carboxylic acids is 2. The molecule has 0 radical (unpaired) electrons. The van der Waals surface area contributed by atoms with Gasteiger partial charge in [-0.2, -0.15) is 0 Å². The zero-order chi connectivity index (χ0) is 21.0. The fourth-order valence-corrected chi connectivity index (χ4v) is 2.48. The highest BCUT2D eigenvalue weighted by Gasteiger charge is 2.32. The Hall–Kier alpha value is -2.16. The Morgan fingerprint density at radius 1 is 1.26 bits per heavy atom. The number of alkyl carbamates (subject to hydrolysis) is 1. The number of halogens is 1. The Morgan fingerprint density at radius 2 is 1.85 bits per heavy atom. The van der Waals surface area contributed by atoms with Crippen LogP contribution in [-0.2, 0) is 4.74 Å². The number of nitro benzene ring substituents is 1. The van der Waals surface area contributed by atoms with Crippen LogP contribution in [0.5, 0.6) is 0 Å². The zero-order valence-corrected chi connectivity index (χ0v) is 18.0. The van der Waals surface area contributed by atoms with E-state index in [4.69, 9.17) is 4.74 Å². The number of nitrogens with zero attached hydrogens (tertiary/aromatic N) is 1. The summed E-state index contributed by atoms with van der Waals surface area (Å²) in [4.78, 5) is 35.0. The fourth-order valence-electron chi connectivity index (χ4n) is 2.09. The molecule has 0 aliphatic carbocycles. The van der Waals surface area contributed by atoms with Crippen LogP contribution >= 0.6 is 15.9 Å². The van der Waals surface area contributed by atoms with Gasteiger partial charge in [0, 0.05) is 18.2 Å². The van der Waals surface area contributed by atoms with Gasteiger partial charge in [0.05, 0.1) is 14.9 Å². The number of amides is 2. The van der Waals surface area contributed by atoms with E-state index in [1.165, 1.54) is 18.2 Å². The van der Waals surface area contributed by atoms with Crippen molar-refractivity contribution in [3.05, 3.63) is 38.3 Å². The van der Waals surface area contributed by atoms with Gasteiger partial charge >= 0.3 is 6.09 Å². The third-order valence-electron chi connectivity index (χ3n) is 4.08. The smallest absolute Gasteiger partial charge is 0.407 e. The molecule has 1 unspecified atom stereocenters. The number of rotatable bonds is 6. The van der Waals surface area contributed by atoms with Crippen molar-refractivity contribution >= 4 is 33.6 Å². The molecule has 0 aliphatic heterocycles. The van der Waals surface area contributed by atoms with E-state index in [9.17, 15) is 19.7 Å². The molecular formula is C18H26BrN3O5. The van der Waals surface area contributed by atoms with E-state index in [0.717, 1.165) is 0 Å². The summed E-state index contributed by atoms with van der Waals surface area (Å²) < 4.78 is 5.51. The van der Waals surface area contributed by atoms with Gasteiger partial charge in [0.15, 0.2) is 0 Å². The number of nitro groups is 1. The van der Waals surface area contributed by atoms with Gasteiger partial charge < -0.3 is 15.4 Å². The summed E-state index contributed by atoms with van der Waals surface area (Å²) in [6.45, 7) is 11.0. The molecule has 0 saturated heterocycles. The van der Waals surface area contributed by atoms with Crippen LogP contribution in [0.15, 0.2) is 22.7 Å². The Bertz CT molecular complexity index is 730. The van der Waals surface area contributed by atoms with Crippen molar-refractivity contribution in [3.63, 3.8) is 0 Å². The number of ether oxygens (including phenoxy) is 1. The Morgan fingerprint density at radius 3 is 2.33 bits per heavy atom. The number of hydrogen-bond donors (Lipinski definition) is 2. The SMILES string of the molecule is CC(C)C(C)(CNC(=O)OC(C)(C)C)NC(=O)c1ccc(Br)c([N+](=O)[O-])c1. The van der Waals surface area contributed by atoms with Crippen molar-refractivity contribution in [2.24, 2.45) is 5.92 Å². The van der Waals surface area contributed by atoms with Crippen molar-refractivity contribution in [1.82, 2.24) is 10.6 Å². The minimum atomic E-state index is -0.782. The Kier molecular flexibility index (Phi) is 7.36. The van der Waals surface area contributed by atoms with Crippen LogP contribution in [0.3, 0.4) is 0 Å². The molecule has 0 fully saturated rings. The van der Waals surface area contributed by atoms with Crippen molar-refractivity contribution < 1.29 is 19.2 Å². The molecule has 1 aromatic rings. The molecule has 8 nitrogen and oxygen atoms in total. The molecule has 0 spiro atoms. The lowest BCUT2D eigenvalue weighted by molar-refractivity contribution is -0.385. The van der Waals surface area contributed by atoms with Crippen LogP contribution in [-0.4, -0.2) is 34.6 Å². The second kappa shape index (κ2) is 8.69. The van der Waals surface area contributed by atoms with Gasteiger partial charge in [-0.25, -0.2) is 4.79 Å². The molecule has 0 bridgehead atoms. The summed E-state index contributed by atoms with van der Waals surface area (Å²) >= 11 is 3.09. The molecule has 0 heterocycles. The molecule has 1 rings (SSSR count). The van der Waals surface area contributed by atoms with Crippen LogP contribution in [0.4, 0.5) is 10.5 Å². The van der Waals surface area contributed by atoms with Gasteiger partial charge in [-0.3, -0.25) is 14.9 Å². The second-order valence-electron chi connectivity index (χ2n) is 7.81. The van der Waals surface area contributed by atoms with Gasteiger partial charge in [0.1, 0.15) is 5.60 Å². The van der Waals surface area contributed by atoms with Gasteiger partial charge in [0.2, 0.25) is 0 Å². The lowest BCUT2D eigenvalue weighted by Crippen LogP contribution is -2.57. The number of benzene rings is 1. The molecule has 27 heavy (non-hydrogen) atoms. The first-order chi connectivity index (χ1) is 12.2. The van der Waals surface area contributed by atoms with Crippen molar-refractivity contribution in [2.75, 3.05) is 6.54 Å². The number of carbonyl (C=O) groups is 2. The summed E-state index contributed by atoms with van der Waals surface area (Å²) in [6.07, 6.45) is -0.581. The van der Waals surface area contributed by atoms with Crippen LogP contribution in [0, 0.1) is 16.0 Å². The number of nitrogens with one attached hydrogen (secondary N) is 2. The highest BCUT2D eigenvalue weighted by molar-refractivity contribution is 9.10. The third kappa shape index (κ3) is 6.82. The predicted octanol–water partition coefficient (Wildman–Crippen LogP) is 4.03. The van der Waals surface area contributed by atoms with E-state index in [1.54, 1.807) is 27.7 Å². The molecule has 1 aromatic carbocycles. The summed E-state index contributed by atoms with van der Waals surface area (Å²) in [6, 6.07) is 4.16. The van der Waals surface area contributed by atoms with E-state index in [2.05, 4.69) is 26.6 Å². The van der Waals surface area contributed by atoms with E-state index < -0.39 is 28.1 Å². The standard InChI is InChI=1S/C18H26BrN3O5/c1-11(2)18(6,10-20-16(24)27-17(3,4)5)21-15(23)12-7-8-13(19)14(9-12)22(25)26/h7-9,11H,10H2,1-6H3,(H,20,24)(H,21,23). The molecular weight excluding hydrogens is 418 g/mol. The molecule has 0 aliphatic rings. The number of hydrogen-bond acceptors (Lipinski definition) is 5. The predicted molar refractivity (Wildman–Crippen MR) is 106 cm³/mol. The highest BCUT2D eigenvalue weighted by atomic mass is 79.9. The molecule has 0 aromatic heterocycles. The molecule has 2 amide bonds. The first-order valence-electron chi connectivity index (χ1n) is 8.48. The van der Waals surface area contributed by atoms with Gasteiger partial charge in [-0.1, -0.05) is 13.8 Å². The summed E-state index contributed by atoms with van der Waals surface area (Å²) in [7, 11) is 0. The lowest BCUT2D eigenvalue weighted by Gasteiger charge is -2.35. The van der Waals surface area contributed by atoms with Crippen molar-refractivity contribution in [1.29, 1.82) is 0 Å². The summed E-state index contributed by atoms with van der Waals surface area (Å²) in [5.74, 6) is -0.491. The minimum Gasteiger partial charge on any atom is -0.444 e. The lowest BCUT2D eigenvalue weighted by atomic mass is 9.88. The average Bonchev–Trinajstić information content (AvgIpc) is 2.51. The first-order valence-corrected chi connectivity index (χ1v) is 9.28. The normalized spacial score (nSPS) is 13.6. The Labute approximate surface area is 167 Å². The van der Waals surface area contributed by atoms with E-state index >= 15 is 0 Å². The van der Waals surface area contributed by atoms with Crippen molar-refractivity contribution in [2.45, 2.75) is 52.7 Å². The molecule has 9 heteroatoms. The largest absolute Gasteiger partial charge is 0.444 e. The fraction of sp³-hybridized carbons (Fsp3) is 0.556. The van der Waals surface area contributed by atoms with Crippen LogP contribution < -0.4 is 10.6 Å². The van der Waals surface area contributed by atoms with E-state index in [-0.39, 0.29) is 23.7 Å². The Balaban J connectivity index is 2.92. The van der Waals surface area contributed by atoms with E-state index in [1.807, 2.05) is 13.8 Å². The first kappa shape index (κ1) is 22.9. The van der Waals surface area contributed by atoms with Crippen LogP contribution in [0.1, 0.15) is 51.9 Å². The molecule has 150 valence electrons. The highest BCUT2D eigenvalue weighted by Crippen LogP contribution is 2.26. The quantitative estimate of drug-likeness (QED) is 0.509. The second-order valence-corrected chi connectivity index (χ2v) is 8.66. The minimum absolute atomic E-state index is 0.0261. The zero-order valence-electron chi connectivity index (χ0n) is 16.4. The summed E-state index contributed by atoms with van der Waals surface area (Å²) in [5, 5.41) is 16.6. The molecule has 2 N–H and O–H groups in total. The third-order valence-corrected chi connectivity index (χ3v) is 4.75. The van der Waals surface area contributed by atoms with E-state index in [0.29, 0.717) is 4.47 Å². The topological polar surface area (TPSA) is 111 Å².